The lowest BCUT2D eigenvalue weighted by Crippen LogP contribution is -2.43. The van der Waals surface area contributed by atoms with Gasteiger partial charge in [0.1, 0.15) is 0 Å². The zero-order valence-electron chi connectivity index (χ0n) is 16.4. The molecule has 2 N–H and O–H groups in total. The first-order valence-corrected chi connectivity index (χ1v) is 11.8. The lowest BCUT2D eigenvalue weighted by atomic mass is 10.0. The van der Waals surface area contributed by atoms with Crippen LogP contribution in [0.1, 0.15) is 23.6 Å². The summed E-state index contributed by atoms with van der Waals surface area (Å²) < 4.78 is 34.2. The van der Waals surface area contributed by atoms with E-state index in [2.05, 4.69) is 14.9 Å². The van der Waals surface area contributed by atoms with Crippen LogP contribution in [-0.2, 0) is 26.0 Å². The molecule has 1 saturated heterocycles. The van der Waals surface area contributed by atoms with Gasteiger partial charge in [-0.2, -0.15) is 0 Å². The fraction of sp³-hybridized carbons (Fsp3) is 0.381. The van der Waals surface area contributed by atoms with Crippen LogP contribution in [0.2, 0.25) is 5.02 Å². The second kappa shape index (κ2) is 9.03. The van der Waals surface area contributed by atoms with Crippen LogP contribution in [-0.4, -0.2) is 52.1 Å². The molecule has 30 heavy (non-hydrogen) atoms. The number of hydrogen-bond donors (Lipinski definition) is 2. The van der Waals surface area contributed by atoms with E-state index in [-0.39, 0.29) is 23.4 Å². The van der Waals surface area contributed by atoms with Crippen LogP contribution in [0.25, 0.3) is 0 Å². The van der Waals surface area contributed by atoms with Crippen molar-refractivity contribution in [1.29, 1.82) is 0 Å². The van der Waals surface area contributed by atoms with E-state index in [1.165, 1.54) is 6.07 Å². The average molecular weight is 450 g/mol. The Bertz CT molecular complexity index is 1040. The van der Waals surface area contributed by atoms with Crippen LogP contribution >= 0.6 is 11.6 Å². The number of ether oxygens (including phenoxy) is 1. The highest BCUT2D eigenvalue weighted by Crippen LogP contribution is 2.27. The predicted octanol–water partition coefficient (Wildman–Crippen LogP) is 2.58. The molecule has 0 bridgehead atoms. The number of benzene rings is 2. The van der Waals surface area contributed by atoms with Crippen LogP contribution < -0.4 is 10.0 Å². The molecule has 1 unspecified atom stereocenters. The zero-order valence-corrected chi connectivity index (χ0v) is 18.0. The Kier molecular flexibility index (Phi) is 6.40. The Hall–Kier alpha value is -1.97. The SMILES string of the molecule is O=C1CCc2cc(S(=O)(=O)NCC(c3cccc(Cl)c3)N3CCOCC3)ccc2N1. The van der Waals surface area contributed by atoms with Crippen molar-refractivity contribution >= 4 is 33.2 Å². The molecule has 0 saturated carbocycles. The second-order valence-electron chi connectivity index (χ2n) is 7.44. The number of anilines is 1. The maximum Gasteiger partial charge on any atom is 0.240 e. The molecule has 1 fully saturated rings. The molecule has 0 aromatic heterocycles. The third kappa shape index (κ3) is 4.84. The van der Waals surface area contributed by atoms with Crippen LogP contribution in [0, 0.1) is 0 Å². The highest BCUT2D eigenvalue weighted by atomic mass is 35.5. The molecular weight excluding hydrogens is 426 g/mol. The van der Waals surface area contributed by atoms with E-state index in [9.17, 15) is 13.2 Å². The van der Waals surface area contributed by atoms with Gasteiger partial charge in [-0.15, -0.1) is 0 Å². The van der Waals surface area contributed by atoms with Gasteiger partial charge in [-0.25, -0.2) is 13.1 Å². The van der Waals surface area contributed by atoms with E-state index >= 15 is 0 Å². The van der Waals surface area contributed by atoms with Gasteiger partial charge in [0.25, 0.3) is 0 Å². The Labute approximate surface area is 181 Å². The van der Waals surface area contributed by atoms with Gasteiger partial charge >= 0.3 is 0 Å². The molecule has 1 amide bonds. The van der Waals surface area contributed by atoms with Crippen molar-refractivity contribution in [2.24, 2.45) is 0 Å². The first-order chi connectivity index (χ1) is 14.4. The molecule has 2 aliphatic rings. The first kappa shape index (κ1) is 21.3. The third-order valence-electron chi connectivity index (χ3n) is 5.47. The molecule has 0 aliphatic carbocycles. The molecule has 2 aromatic carbocycles. The first-order valence-electron chi connectivity index (χ1n) is 9.92. The number of sulfonamides is 1. The molecule has 4 rings (SSSR count). The van der Waals surface area contributed by atoms with Gasteiger partial charge in [0.15, 0.2) is 0 Å². The number of carbonyl (C=O) groups excluding carboxylic acids is 1. The lowest BCUT2D eigenvalue weighted by Gasteiger charge is -2.35. The number of fused-ring (bicyclic) bond motifs is 1. The Morgan fingerprint density at radius 1 is 1.13 bits per heavy atom. The number of aryl methyl sites for hydroxylation is 1. The predicted molar refractivity (Wildman–Crippen MR) is 115 cm³/mol. The molecule has 0 radical (unpaired) electrons. The third-order valence-corrected chi connectivity index (χ3v) is 7.13. The van der Waals surface area contributed by atoms with E-state index in [1.54, 1.807) is 18.2 Å². The number of amides is 1. The minimum absolute atomic E-state index is 0.0499. The summed E-state index contributed by atoms with van der Waals surface area (Å²) in [7, 11) is -3.71. The van der Waals surface area contributed by atoms with Crippen LogP contribution in [0.3, 0.4) is 0 Å². The summed E-state index contributed by atoms with van der Waals surface area (Å²) >= 11 is 6.18. The molecule has 160 valence electrons. The molecule has 7 nitrogen and oxygen atoms in total. The van der Waals surface area contributed by atoms with E-state index in [1.807, 2.05) is 18.2 Å². The number of morpholine rings is 1. The molecule has 2 aromatic rings. The summed E-state index contributed by atoms with van der Waals surface area (Å²) in [4.78, 5) is 13.9. The largest absolute Gasteiger partial charge is 0.379 e. The normalized spacial score (nSPS) is 18.5. The number of nitrogens with zero attached hydrogens (tertiary/aromatic N) is 1. The molecule has 2 heterocycles. The van der Waals surface area contributed by atoms with Crippen LogP contribution in [0.5, 0.6) is 0 Å². The summed E-state index contributed by atoms with van der Waals surface area (Å²) in [5.41, 5.74) is 2.47. The van der Waals surface area contributed by atoms with Gasteiger partial charge in [0.05, 0.1) is 18.1 Å². The highest BCUT2D eigenvalue weighted by molar-refractivity contribution is 7.89. The quantitative estimate of drug-likeness (QED) is 0.707. The molecule has 2 aliphatic heterocycles. The van der Waals surface area contributed by atoms with Crippen LogP contribution in [0.15, 0.2) is 47.4 Å². The number of halogens is 1. The minimum atomic E-state index is -3.71. The average Bonchev–Trinajstić information content (AvgIpc) is 2.74. The Morgan fingerprint density at radius 2 is 1.93 bits per heavy atom. The van der Waals surface area contributed by atoms with Crippen LogP contribution in [0.4, 0.5) is 5.69 Å². The van der Waals surface area contributed by atoms with Crippen molar-refractivity contribution in [2.45, 2.75) is 23.8 Å². The van der Waals surface area contributed by atoms with E-state index < -0.39 is 10.0 Å². The van der Waals surface area contributed by atoms with E-state index in [4.69, 9.17) is 16.3 Å². The van der Waals surface area contributed by atoms with Crippen molar-refractivity contribution in [3.8, 4) is 0 Å². The number of hydrogen-bond acceptors (Lipinski definition) is 5. The van der Waals surface area contributed by atoms with Crippen molar-refractivity contribution < 1.29 is 17.9 Å². The van der Waals surface area contributed by atoms with Gasteiger partial charge in [0.2, 0.25) is 15.9 Å². The molecular formula is C21H24ClN3O4S. The standard InChI is InChI=1S/C21H24ClN3O4S/c22-17-3-1-2-16(12-17)20(25-8-10-29-11-9-25)14-23-30(27,28)18-5-6-19-15(13-18)4-7-21(26)24-19/h1-3,5-6,12-13,20,23H,4,7-11,14H2,(H,24,26). The summed E-state index contributed by atoms with van der Waals surface area (Å²) in [6.07, 6.45) is 0.890. The van der Waals surface area contributed by atoms with E-state index in [0.29, 0.717) is 36.8 Å². The summed E-state index contributed by atoms with van der Waals surface area (Å²) in [6, 6.07) is 12.2. The van der Waals surface area contributed by atoms with Gasteiger partial charge in [-0.1, -0.05) is 23.7 Å². The topological polar surface area (TPSA) is 87.7 Å². The van der Waals surface area contributed by atoms with Gasteiger partial charge in [-0.05, 0) is 47.9 Å². The van der Waals surface area contributed by atoms with Crippen molar-refractivity contribution in [3.05, 3.63) is 58.6 Å². The lowest BCUT2D eigenvalue weighted by molar-refractivity contribution is -0.116. The minimum Gasteiger partial charge on any atom is -0.379 e. The summed E-state index contributed by atoms with van der Waals surface area (Å²) in [5.74, 6) is -0.0499. The zero-order chi connectivity index (χ0) is 21.1. The monoisotopic (exact) mass is 449 g/mol. The van der Waals surface area contributed by atoms with E-state index in [0.717, 1.165) is 24.2 Å². The molecule has 9 heteroatoms. The fourth-order valence-electron chi connectivity index (χ4n) is 3.86. The fourth-order valence-corrected chi connectivity index (χ4v) is 5.15. The van der Waals surface area contributed by atoms with Gasteiger partial charge in [0, 0.05) is 42.8 Å². The van der Waals surface area contributed by atoms with Crippen molar-refractivity contribution in [2.75, 3.05) is 38.2 Å². The molecule has 0 spiro atoms. The number of nitrogens with one attached hydrogen (secondary N) is 2. The summed E-state index contributed by atoms with van der Waals surface area (Å²) in [5, 5.41) is 3.39. The number of rotatable bonds is 6. The second-order valence-corrected chi connectivity index (χ2v) is 9.64. The van der Waals surface area contributed by atoms with Gasteiger partial charge in [-0.3, -0.25) is 9.69 Å². The molecule has 1 atom stereocenters. The van der Waals surface area contributed by atoms with Crippen molar-refractivity contribution in [1.82, 2.24) is 9.62 Å². The highest BCUT2D eigenvalue weighted by Gasteiger charge is 2.26. The van der Waals surface area contributed by atoms with Crippen molar-refractivity contribution in [3.63, 3.8) is 0 Å². The maximum atomic E-state index is 13.0. The van der Waals surface area contributed by atoms with Gasteiger partial charge < -0.3 is 10.1 Å². The summed E-state index contributed by atoms with van der Waals surface area (Å²) in [6.45, 7) is 2.88. The maximum absolute atomic E-state index is 13.0. The Morgan fingerprint density at radius 3 is 2.70 bits per heavy atom. The Balaban J connectivity index is 1.54. The smallest absolute Gasteiger partial charge is 0.240 e. The number of carbonyl (C=O) groups is 1.